The molecule has 0 aromatic heterocycles. The third-order valence-electron chi connectivity index (χ3n) is 10.8. The summed E-state index contributed by atoms with van der Waals surface area (Å²) >= 11 is 26.5. The van der Waals surface area contributed by atoms with Gasteiger partial charge in [-0.1, -0.05) is 82.4 Å². The molecule has 2 saturated heterocycles. The van der Waals surface area contributed by atoms with Gasteiger partial charge in [0.1, 0.15) is 0 Å². The highest BCUT2D eigenvalue weighted by molar-refractivity contribution is 7.99. The number of carbonyl (C=O) groups is 6. The van der Waals surface area contributed by atoms with Gasteiger partial charge in [-0.2, -0.15) is 0 Å². The van der Waals surface area contributed by atoms with Crippen LogP contribution in [0, 0.1) is 20.2 Å². The van der Waals surface area contributed by atoms with Crippen LogP contribution in [0.25, 0.3) is 34.4 Å². The van der Waals surface area contributed by atoms with E-state index in [1.165, 1.54) is 105 Å². The summed E-state index contributed by atoms with van der Waals surface area (Å²) in [5.41, 5.74) is -0.406. The number of hydrogen-bond donors (Lipinski definition) is 0. The molecule has 23 heteroatoms. The van der Waals surface area contributed by atoms with Crippen molar-refractivity contribution in [1.82, 2.24) is 19.6 Å². The first-order valence-electron chi connectivity index (χ1n) is 21.0. The summed E-state index contributed by atoms with van der Waals surface area (Å²) < 4.78 is 9.59. The van der Waals surface area contributed by atoms with Crippen LogP contribution in [-0.4, -0.2) is 131 Å². The van der Waals surface area contributed by atoms with E-state index in [9.17, 15) is 49.0 Å². The lowest BCUT2D eigenvalue weighted by molar-refractivity contribution is -0.387. The van der Waals surface area contributed by atoms with Crippen molar-refractivity contribution in [3.63, 3.8) is 0 Å². The Bertz CT molecular complexity index is 2620. The molecular formula is C46H40Cl4N6O12S. The fourth-order valence-corrected chi connectivity index (χ4v) is 9.55. The zero-order valence-corrected chi connectivity index (χ0v) is 40.5. The molecule has 0 radical (unpaired) electrons. The molecule has 69 heavy (non-hydrogen) atoms. The van der Waals surface area contributed by atoms with Crippen LogP contribution >= 0.6 is 58.2 Å². The summed E-state index contributed by atoms with van der Waals surface area (Å²) in [7, 11) is 0. The molecule has 360 valence electrons. The number of amides is 4. The molecule has 4 aromatic carbocycles. The van der Waals surface area contributed by atoms with Gasteiger partial charge in [-0.3, -0.25) is 39.4 Å². The highest BCUT2D eigenvalue weighted by Gasteiger charge is 2.33. The Morgan fingerprint density at radius 2 is 0.913 bits per heavy atom. The van der Waals surface area contributed by atoms with Crippen molar-refractivity contribution in [2.45, 2.75) is 23.6 Å². The van der Waals surface area contributed by atoms with E-state index in [2.05, 4.69) is 0 Å². The van der Waals surface area contributed by atoms with Gasteiger partial charge in [0, 0.05) is 85.7 Å². The first-order valence-corrected chi connectivity index (χ1v) is 23.3. The molecular weight excluding hydrogens is 1000 g/mol. The minimum absolute atomic E-state index is 0.0273. The molecule has 6 rings (SSSR count). The zero-order valence-electron chi connectivity index (χ0n) is 36.7. The average molecular weight is 1040 g/mol. The van der Waals surface area contributed by atoms with E-state index in [0.29, 0.717) is 11.8 Å². The van der Waals surface area contributed by atoms with Gasteiger partial charge in [0.25, 0.3) is 11.4 Å². The fraction of sp³-hybridized carbons (Fsp3) is 0.261. The maximum Gasteiger partial charge on any atom is 0.397 e. The molecule has 18 nitrogen and oxygen atoms in total. The predicted molar refractivity (Wildman–Crippen MR) is 259 cm³/mol. The molecule has 0 bridgehead atoms. The average Bonchev–Trinajstić information content (AvgIpc) is 3.32. The third kappa shape index (κ3) is 12.2. The molecule has 0 spiro atoms. The predicted octanol–water partition coefficient (Wildman–Crippen LogP) is 8.10. The molecule has 2 heterocycles. The molecule has 2 aliphatic heterocycles. The molecule has 0 aliphatic carbocycles. The van der Waals surface area contributed by atoms with Gasteiger partial charge in [0.15, 0.2) is 0 Å². The van der Waals surface area contributed by atoms with Crippen molar-refractivity contribution >= 4 is 117 Å². The zero-order chi connectivity index (χ0) is 50.1. The van der Waals surface area contributed by atoms with Crippen LogP contribution in [0.1, 0.15) is 25.0 Å². The lowest BCUT2D eigenvalue weighted by Gasteiger charge is -2.33. The normalized spacial score (nSPS) is 14.0. The second kappa shape index (κ2) is 23.2. The monoisotopic (exact) mass is 1040 g/mol. The van der Waals surface area contributed by atoms with Gasteiger partial charge in [-0.25, -0.2) is 9.59 Å². The smallest absolute Gasteiger partial charge is 0.397 e. The van der Waals surface area contributed by atoms with Crippen LogP contribution < -0.4 is 0 Å². The lowest BCUT2D eigenvalue weighted by atomic mass is 9.97. The molecule has 2 fully saturated rings. The second-order valence-corrected chi connectivity index (χ2v) is 17.7. The molecule has 4 amide bonds. The van der Waals surface area contributed by atoms with Gasteiger partial charge in [0.2, 0.25) is 11.8 Å². The van der Waals surface area contributed by atoms with E-state index in [-0.39, 0.29) is 129 Å². The van der Waals surface area contributed by atoms with E-state index < -0.39 is 56.8 Å². The highest BCUT2D eigenvalue weighted by atomic mass is 35.5. The summed E-state index contributed by atoms with van der Waals surface area (Å²) in [4.78, 5) is 106. The lowest BCUT2D eigenvalue weighted by Crippen LogP contribution is -2.52. The SMILES string of the molecule is CCOC(=O)C(=O)N1CCN(C(=O)C=Cc2ccc(Sc3ccc(C=CC(=O)N4CCN(C(=O)C(=O)OCC)CC4)c(-c4ccc(Cl)cc4Cl)c3[N+](=O)[O-])c([N+](=O)[O-])c2-c2ccc(Cl)cc2Cl)CC1. The Morgan fingerprint density at radius 1 is 0.565 bits per heavy atom. The number of hydrogen-bond acceptors (Lipinski definition) is 13. The molecule has 0 saturated carbocycles. The largest absolute Gasteiger partial charge is 0.459 e. The van der Waals surface area contributed by atoms with Crippen molar-refractivity contribution in [3.8, 4) is 22.3 Å². The van der Waals surface area contributed by atoms with Gasteiger partial charge in [-0.05, 0) is 73.5 Å². The highest BCUT2D eigenvalue weighted by Crippen LogP contribution is 2.50. The molecule has 0 atom stereocenters. The number of nitrogens with zero attached hydrogens (tertiary/aromatic N) is 6. The molecule has 4 aromatic rings. The minimum atomic E-state index is -0.994. The Morgan fingerprint density at radius 3 is 1.23 bits per heavy atom. The van der Waals surface area contributed by atoms with Crippen molar-refractivity contribution in [2.75, 3.05) is 65.6 Å². The maximum absolute atomic E-state index is 13.5. The molecule has 0 N–H and O–H groups in total. The summed E-state index contributed by atoms with van der Waals surface area (Å²) in [6.07, 6.45) is 5.15. The second-order valence-electron chi connectivity index (χ2n) is 15.0. The number of nitro groups is 2. The van der Waals surface area contributed by atoms with E-state index in [4.69, 9.17) is 55.9 Å². The number of benzene rings is 4. The number of ether oxygens (including phenoxy) is 2. The van der Waals surface area contributed by atoms with Crippen molar-refractivity contribution in [2.24, 2.45) is 0 Å². The summed E-state index contributed by atoms with van der Waals surface area (Å²) in [6, 6.07) is 14.4. The van der Waals surface area contributed by atoms with E-state index >= 15 is 0 Å². The molecule has 0 unspecified atom stereocenters. The van der Waals surface area contributed by atoms with Crippen LogP contribution in [0.3, 0.4) is 0 Å². The fourth-order valence-electron chi connectivity index (χ4n) is 7.49. The van der Waals surface area contributed by atoms with Gasteiger partial charge in [-0.15, -0.1) is 0 Å². The number of carbonyl (C=O) groups excluding carboxylic acids is 6. The van der Waals surface area contributed by atoms with E-state index in [0.717, 1.165) is 0 Å². The number of nitro benzene ring substituents is 2. The standard InChI is InChI=1S/C46H40Cl4N6O12S/c1-3-67-45(61)43(59)53-21-17-51(18-22-53)37(57)15-7-27-5-13-35(41(55(63)64)39(27)31-11-9-29(47)25-33(31)49)69-36-14-6-28(40(42(36)56(65)66)32-12-10-30(48)26-34(32)50)8-16-38(58)52-19-23-54(24-20-52)44(60)46(62)68-4-2/h5-16,25-26H,3-4,17-24H2,1-2H3. The van der Waals surface area contributed by atoms with Crippen molar-refractivity contribution in [1.29, 1.82) is 0 Å². The van der Waals surface area contributed by atoms with Crippen LogP contribution in [0.2, 0.25) is 20.1 Å². The first kappa shape index (κ1) is 51.9. The Hall–Kier alpha value is -6.51. The van der Waals surface area contributed by atoms with E-state index in [1.807, 2.05) is 0 Å². The summed E-state index contributed by atoms with van der Waals surface area (Å²) in [6.45, 7) is 3.83. The summed E-state index contributed by atoms with van der Waals surface area (Å²) in [5, 5.41) is 27.0. The minimum Gasteiger partial charge on any atom is -0.459 e. The van der Waals surface area contributed by atoms with Gasteiger partial charge < -0.3 is 29.1 Å². The van der Waals surface area contributed by atoms with Gasteiger partial charge >= 0.3 is 23.8 Å². The maximum atomic E-state index is 13.5. The molecule has 2 aliphatic rings. The number of rotatable bonds is 12. The van der Waals surface area contributed by atoms with Crippen LogP contribution in [-0.2, 0) is 38.2 Å². The van der Waals surface area contributed by atoms with E-state index in [1.54, 1.807) is 13.8 Å². The Labute approximate surface area is 418 Å². The first-order chi connectivity index (χ1) is 32.9. The number of piperazine rings is 2. The van der Waals surface area contributed by atoms with Crippen molar-refractivity contribution < 1.29 is 48.1 Å². The Kier molecular flexibility index (Phi) is 17.4. The summed E-state index contributed by atoms with van der Waals surface area (Å²) in [5.74, 6) is -4.60. The van der Waals surface area contributed by atoms with Crippen LogP contribution in [0.4, 0.5) is 11.4 Å². The number of halogens is 4. The van der Waals surface area contributed by atoms with Gasteiger partial charge in [0.05, 0.1) is 54.0 Å². The van der Waals surface area contributed by atoms with Crippen molar-refractivity contribution in [3.05, 3.63) is 124 Å². The Balaban J connectivity index is 1.37. The topological polar surface area (TPSA) is 220 Å². The quantitative estimate of drug-likeness (QED) is 0.0431. The number of esters is 2. The third-order valence-corrected chi connectivity index (χ3v) is 13.0. The van der Waals surface area contributed by atoms with Crippen LogP contribution in [0.15, 0.2) is 82.6 Å². The van der Waals surface area contributed by atoms with Crippen LogP contribution in [0.5, 0.6) is 0 Å².